The normalized spacial score (nSPS) is 10.8. The summed E-state index contributed by atoms with van der Waals surface area (Å²) < 4.78 is 11.1. The van der Waals surface area contributed by atoms with E-state index < -0.39 is 0 Å². The second-order valence-electron chi connectivity index (χ2n) is 5.30. The van der Waals surface area contributed by atoms with Crippen LogP contribution in [0.1, 0.15) is 30.9 Å². The molecule has 112 valence electrons. The van der Waals surface area contributed by atoms with E-state index in [1.54, 1.807) is 19.2 Å². The van der Waals surface area contributed by atoms with Gasteiger partial charge in [0.1, 0.15) is 11.5 Å². The van der Waals surface area contributed by atoms with Crippen molar-refractivity contribution in [2.75, 3.05) is 12.8 Å². The highest BCUT2D eigenvalue weighted by Gasteiger charge is 2.12. The lowest BCUT2D eigenvalue weighted by Gasteiger charge is -2.15. The molecule has 4 heteroatoms. The number of benzene rings is 2. The number of hydrogen-bond donors (Lipinski definition) is 1. The Morgan fingerprint density at radius 2 is 1.81 bits per heavy atom. The molecule has 0 unspecified atom stereocenters. The fourth-order valence-corrected chi connectivity index (χ4v) is 2.52. The van der Waals surface area contributed by atoms with Gasteiger partial charge in [-0.15, -0.1) is 0 Å². The molecule has 0 aliphatic rings. The summed E-state index contributed by atoms with van der Waals surface area (Å²) >= 11 is 6.27. The molecule has 2 aromatic rings. The van der Waals surface area contributed by atoms with Gasteiger partial charge < -0.3 is 15.2 Å². The van der Waals surface area contributed by atoms with Crippen molar-refractivity contribution in [2.45, 2.75) is 26.7 Å². The number of aryl methyl sites for hydroxylation is 1. The number of nitrogens with two attached hydrogens (primary N) is 1. The average Bonchev–Trinajstić information content (AvgIpc) is 2.43. The molecular formula is C17H20ClNO2. The van der Waals surface area contributed by atoms with E-state index in [9.17, 15) is 0 Å². The van der Waals surface area contributed by atoms with E-state index in [0.29, 0.717) is 23.1 Å². The monoisotopic (exact) mass is 305 g/mol. The Morgan fingerprint density at radius 1 is 1.10 bits per heavy atom. The Morgan fingerprint density at radius 3 is 2.38 bits per heavy atom. The van der Waals surface area contributed by atoms with Crippen molar-refractivity contribution in [1.82, 2.24) is 0 Å². The molecule has 0 aromatic heterocycles. The summed E-state index contributed by atoms with van der Waals surface area (Å²) in [6.45, 7) is 6.16. The minimum atomic E-state index is 0.327. The summed E-state index contributed by atoms with van der Waals surface area (Å²) in [5, 5.41) is 0.762. The van der Waals surface area contributed by atoms with E-state index in [0.717, 1.165) is 21.9 Å². The third-order valence-corrected chi connectivity index (χ3v) is 3.68. The van der Waals surface area contributed by atoms with E-state index in [1.165, 1.54) is 0 Å². The zero-order valence-electron chi connectivity index (χ0n) is 12.7. The van der Waals surface area contributed by atoms with Gasteiger partial charge in [-0.25, -0.2) is 0 Å². The highest BCUT2D eigenvalue weighted by molar-refractivity contribution is 6.31. The van der Waals surface area contributed by atoms with Crippen LogP contribution in [0.15, 0.2) is 30.3 Å². The predicted octanol–water partition coefficient (Wildman–Crippen LogP) is 5.15. The molecule has 21 heavy (non-hydrogen) atoms. The Labute approximate surface area is 130 Å². The average molecular weight is 306 g/mol. The van der Waals surface area contributed by atoms with Gasteiger partial charge in [0.2, 0.25) is 0 Å². The van der Waals surface area contributed by atoms with Crippen molar-refractivity contribution in [3.05, 3.63) is 46.5 Å². The van der Waals surface area contributed by atoms with Crippen LogP contribution in [-0.4, -0.2) is 7.11 Å². The summed E-state index contributed by atoms with van der Waals surface area (Å²) in [5.41, 5.74) is 8.56. The van der Waals surface area contributed by atoms with Crippen molar-refractivity contribution in [3.8, 4) is 17.2 Å². The highest BCUT2D eigenvalue weighted by Crippen LogP contribution is 2.36. The van der Waals surface area contributed by atoms with Gasteiger partial charge in [-0.3, -0.25) is 0 Å². The quantitative estimate of drug-likeness (QED) is 0.794. The number of halogens is 1. The highest BCUT2D eigenvalue weighted by atomic mass is 35.5. The first-order valence-electron chi connectivity index (χ1n) is 6.83. The van der Waals surface area contributed by atoms with Crippen LogP contribution < -0.4 is 15.2 Å². The standard InChI is InChI=1S/C17H20ClNO2/c1-10(2)13-9-17(11(3)7-14(13)18)21-16-6-5-12(20-4)8-15(16)19/h5-10H,19H2,1-4H3. The number of methoxy groups -OCH3 is 1. The Kier molecular flexibility index (Phi) is 4.63. The smallest absolute Gasteiger partial charge is 0.150 e. The SMILES string of the molecule is COc1ccc(Oc2cc(C(C)C)c(Cl)cc2C)c(N)c1. The molecule has 0 bridgehead atoms. The number of hydrogen-bond acceptors (Lipinski definition) is 3. The molecule has 0 heterocycles. The molecule has 0 fully saturated rings. The van der Waals surface area contributed by atoms with Crippen molar-refractivity contribution >= 4 is 17.3 Å². The van der Waals surface area contributed by atoms with E-state index in [-0.39, 0.29) is 0 Å². The first kappa shape index (κ1) is 15.5. The second kappa shape index (κ2) is 6.27. The fourth-order valence-electron chi connectivity index (χ4n) is 2.09. The largest absolute Gasteiger partial charge is 0.497 e. The van der Waals surface area contributed by atoms with Gasteiger partial charge in [0.15, 0.2) is 5.75 Å². The molecule has 2 aromatic carbocycles. The van der Waals surface area contributed by atoms with Gasteiger partial charge in [0.05, 0.1) is 12.8 Å². The summed E-state index contributed by atoms with van der Waals surface area (Å²) in [6, 6.07) is 9.26. The summed E-state index contributed by atoms with van der Waals surface area (Å²) in [6.07, 6.45) is 0. The van der Waals surface area contributed by atoms with Gasteiger partial charge in [-0.05, 0) is 48.2 Å². The zero-order valence-corrected chi connectivity index (χ0v) is 13.5. The van der Waals surface area contributed by atoms with Crippen LogP contribution in [0.5, 0.6) is 17.2 Å². The molecule has 0 aliphatic heterocycles. The maximum absolute atomic E-state index is 6.27. The first-order chi connectivity index (χ1) is 9.92. The predicted molar refractivity (Wildman–Crippen MR) is 87.8 cm³/mol. The van der Waals surface area contributed by atoms with E-state index in [1.807, 2.05) is 25.1 Å². The minimum absolute atomic E-state index is 0.327. The van der Waals surface area contributed by atoms with Crippen LogP contribution >= 0.6 is 11.6 Å². The van der Waals surface area contributed by atoms with Gasteiger partial charge >= 0.3 is 0 Å². The fraction of sp³-hybridized carbons (Fsp3) is 0.294. The topological polar surface area (TPSA) is 44.5 Å². The number of rotatable bonds is 4. The molecule has 0 aliphatic carbocycles. The molecule has 0 saturated carbocycles. The minimum Gasteiger partial charge on any atom is -0.497 e. The molecule has 0 saturated heterocycles. The molecule has 0 amide bonds. The van der Waals surface area contributed by atoms with Crippen LogP contribution in [0.4, 0.5) is 5.69 Å². The van der Waals surface area contributed by atoms with Crippen molar-refractivity contribution in [2.24, 2.45) is 0 Å². The van der Waals surface area contributed by atoms with Crippen molar-refractivity contribution in [3.63, 3.8) is 0 Å². The number of nitrogen functional groups attached to an aromatic ring is 1. The third kappa shape index (κ3) is 3.42. The van der Waals surface area contributed by atoms with Crippen LogP contribution in [0, 0.1) is 6.92 Å². The summed E-state index contributed by atoms with van der Waals surface area (Å²) in [7, 11) is 1.60. The van der Waals surface area contributed by atoms with Crippen LogP contribution in [-0.2, 0) is 0 Å². The van der Waals surface area contributed by atoms with Gasteiger partial charge in [-0.1, -0.05) is 25.4 Å². The van der Waals surface area contributed by atoms with Crippen molar-refractivity contribution < 1.29 is 9.47 Å². The second-order valence-corrected chi connectivity index (χ2v) is 5.71. The summed E-state index contributed by atoms with van der Waals surface area (Å²) in [4.78, 5) is 0. The zero-order chi connectivity index (χ0) is 15.6. The molecule has 0 spiro atoms. The molecule has 2 rings (SSSR count). The number of ether oxygens (including phenoxy) is 2. The lowest BCUT2D eigenvalue weighted by atomic mass is 10.0. The lowest BCUT2D eigenvalue weighted by Crippen LogP contribution is -1.97. The maximum atomic E-state index is 6.27. The number of anilines is 1. The van der Waals surface area contributed by atoms with Gasteiger partial charge in [0, 0.05) is 11.1 Å². The molecule has 3 nitrogen and oxygen atoms in total. The molecule has 2 N–H and O–H groups in total. The van der Waals surface area contributed by atoms with E-state index >= 15 is 0 Å². The van der Waals surface area contributed by atoms with E-state index in [4.69, 9.17) is 26.8 Å². The van der Waals surface area contributed by atoms with Crippen LogP contribution in [0.2, 0.25) is 5.02 Å². The third-order valence-electron chi connectivity index (χ3n) is 3.35. The van der Waals surface area contributed by atoms with Crippen LogP contribution in [0.3, 0.4) is 0 Å². The molecular weight excluding hydrogens is 286 g/mol. The molecule has 0 radical (unpaired) electrons. The Bertz CT molecular complexity index is 653. The Balaban J connectivity index is 2.37. The summed E-state index contributed by atoms with van der Waals surface area (Å²) in [5.74, 6) is 2.40. The first-order valence-corrected chi connectivity index (χ1v) is 7.21. The van der Waals surface area contributed by atoms with Gasteiger partial charge in [-0.2, -0.15) is 0 Å². The van der Waals surface area contributed by atoms with Crippen molar-refractivity contribution in [1.29, 1.82) is 0 Å². The molecule has 0 atom stereocenters. The van der Waals surface area contributed by atoms with Crippen LogP contribution in [0.25, 0.3) is 0 Å². The lowest BCUT2D eigenvalue weighted by molar-refractivity contribution is 0.413. The maximum Gasteiger partial charge on any atom is 0.150 e. The van der Waals surface area contributed by atoms with E-state index in [2.05, 4.69) is 13.8 Å². The van der Waals surface area contributed by atoms with Gasteiger partial charge in [0.25, 0.3) is 0 Å². The Hall–Kier alpha value is -1.87.